The topological polar surface area (TPSA) is 56.1 Å². The molecule has 0 fully saturated rings. The van der Waals surface area contributed by atoms with Crippen LogP contribution in [0.3, 0.4) is 0 Å². The van der Waals surface area contributed by atoms with Crippen molar-refractivity contribution in [2.24, 2.45) is 0 Å². The molecule has 0 aromatic carbocycles. The fourth-order valence-corrected chi connectivity index (χ4v) is 1.07. The summed E-state index contributed by atoms with van der Waals surface area (Å²) in [6.07, 6.45) is 5.15. The number of amides is 1. The van der Waals surface area contributed by atoms with E-state index in [-0.39, 0.29) is 6.09 Å². The Morgan fingerprint density at radius 3 is 3.13 bits per heavy atom. The van der Waals surface area contributed by atoms with Gasteiger partial charge in [0.15, 0.2) is 0 Å². The van der Waals surface area contributed by atoms with E-state index in [1.54, 1.807) is 10.9 Å². The number of nitrogens with one attached hydrogen (secondary N) is 1. The largest absolute Gasteiger partial charge is 0.450 e. The molecule has 0 aliphatic heterocycles. The molecule has 1 N–H and O–H groups in total. The SMILES string of the molecule is CCCCOC(=O)NCCn1cccn1. The van der Waals surface area contributed by atoms with Crippen LogP contribution in [-0.2, 0) is 11.3 Å². The molecule has 1 rings (SSSR count). The molecule has 0 aliphatic rings. The molecule has 5 heteroatoms. The van der Waals surface area contributed by atoms with Gasteiger partial charge in [0.1, 0.15) is 0 Å². The van der Waals surface area contributed by atoms with Crippen LogP contribution in [0, 0.1) is 0 Å². The molecule has 1 heterocycles. The van der Waals surface area contributed by atoms with Gasteiger partial charge in [-0.05, 0) is 12.5 Å². The van der Waals surface area contributed by atoms with Crippen LogP contribution in [0.1, 0.15) is 19.8 Å². The summed E-state index contributed by atoms with van der Waals surface area (Å²) in [5.74, 6) is 0. The lowest BCUT2D eigenvalue weighted by atomic mass is 10.4. The Kier molecular flexibility index (Phi) is 5.29. The van der Waals surface area contributed by atoms with Crippen LogP contribution in [0.5, 0.6) is 0 Å². The van der Waals surface area contributed by atoms with Crippen LogP contribution in [0.25, 0.3) is 0 Å². The van der Waals surface area contributed by atoms with Crippen LogP contribution in [0.2, 0.25) is 0 Å². The maximum Gasteiger partial charge on any atom is 0.407 e. The number of carbonyl (C=O) groups excluding carboxylic acids is 1. The average molecular weight is 211 g/mol. The first-order valence-corrected chi connectivity index (χ1v) is 5.21. The molecule has 5 nitrogen and oxygen atoms in total. The van der Waals surface area contributed by atoms with Crippen LogP contribution >= 0.6 is 0 Å². The molecule has 0 unspecified atom stereocenters. The summed E-state index contributed by atoms with van der Waals surface area (Å²) < 4.78 is 6.68. The van der Waals surface area contributed by atoms with Crippen LogP contribution in [0.4, 0.5) is 4.79 Å². The number of hydrogen-bond acceptors (Lipinski definition) is 3. The zero-order valence-corrected chi connectivity index (χ0v) is 8.98. The predicted molar refractivity (Wildman–Crippen MR) is 56.5 cm³/mol. The molecule has 0 radical (unpaired) electrons. The zero-order chi connectivity index (χ0) is 10.9. The minimum absolute atomic E-state index is 0.351. The van der Waals surface area contributed by atoms with E-state index in [9.17, 15) is 4.79 Å². The van der Waals surface area contributed by atoms with Crippen molar-refractivity contribution in [2.75, 3.05) is 13.2 Å². The second kappa shape index (κ2) is 6.86. The van der Waals surface area contributed by atoms with Crippen LogP contribution in [0.15, 0.2) is 18.5 Å². The minimum atomic E-state index is -0.351. The monoisotopic (exact) mass is 211 g/mol. The number of rotatable bonds is 6. The lowest BCUT2D eigenvalue weighted by Crippen LogP contribution is -2.28. The molecule has 1 aromatic rings. The summed E-state index contributed by atoms with van der Waals surface area (Å²) in [6, 6.07) is 1.85. The summed E-state index contributed by atoms with van der Waals surface area (Å²) in [7, 11) is 0. The quantitative estimate of drug-likeness (QED) is 0.724. The average Bonchev–Trinajstić information content (AvgIpc) is 2.71. The van der Waals surface area contributed by atoms with Crippen molar-refractivity contribution in [3.8, 4) is 0 Å². The van der Waals surface area contributed by atoms with E-state index in [0.717, 1.165) is 12.8 Å². The normalized spacial score (nSPS) is 9.93. The van der Waals surface area contributed by atoms with E-state index in [0.29, 0.717) is 19.7 Å². The third-order valence-corrected chi connectivity index (χ3v) is 1.90. The smallest absolute Gasteiger partial charge is 0.407 e. The maximum absolute atomic E-state index is 11.1. The minimum Gasteiger partial charge on any atom is -0.450 e. The van der Waals surface area contributed by atoms with E-state index < -0.39 is 0 Å². The zero-order valence-electron chi connectivity index (χ0n) is 8.98. The van der Waals surface area contributed by atoms with Crippen molar-refractivity contribution in [3.05, 3.63) is 18.5 Å². The molecular formula is C10H17N3O2. The molecule has 0 atom stereocenters. The number of carbonyl (C=O) groups is 1. The lowest BCUT2D eigenvalue weighted by molar-refractivity contribution is 0.144. The third-order valence-electron chi connectivity index (χ3n) is 1.90. The van der Waals surface area contributed by atoms with Crippen molar-refractivity contribution >= 4 is 6.09 Å². The Balaban J connectivity index is 2.02. The van der Waals surface area contributed by atoms with Crippen molar-refractivity contribution in [1.82, 2.24) is 15.1 Å². The predicted octanol–water partition coefficient (Wildman–Crippen LogP) is 1.41. The highest BCUT2D eigenvalue weighted by Crippen LogP contribution is 1.88. The van der Waals surface area contributed by atoms with Gasteiger partial charge in [-0.1, -0.05) is 13.3 Å². The lowest BCUT2D eigenvalue weighted by Gasteiger charge is -2.06. The summed E-state index contributed by atoms with van der Waals surface area (Å²) in [4.78, 5) is 11.1. The number of unbranched alkanes of at least 4 members (excludes halogenated alkanes) is 1. The van der Waals surface area contributed by atoms with Gasteiger partial charge in [0.25, 0.3) is 0 Å². The highest BCUT2D eigenvalue weighted by atomic mass is 16.5. The standard InChI is InChI=1S/C10H17N3O2/c1-2-3-9-15-10(14)11-6-8-13-7-4-5-12-13/h4-5,7H,2-3,6,8-9H2,1H3,(H,11,14). The molecule has 0 spiro atoms. The second-order valence-corrected chi connectivity index (χ2v) is 3.19. The number of ether oxygens (including phenoxy) is 1. The molecule has 0 saturated heterocycles. The highest BCUT2D eigenvalue weighted by Gasteiger charge is 1.99. The van der Waals surface area contributed by atoms with Gasteiger partial charge in [0.2, 0.25) is 0 Å². The van der Waals surface area contributed by atoms with E-state index >= 15 is 0 Å². The van der Waals surface area contributed by atoms with E-state index in [4.69, 9.17) is 4.74 Å². The Hall–Kier alpha value is -1.52. The summed E-state index contributed by atoms with van der Waals surface area (Å²) in [5, 5.41) is 6.67. The number of nitrogens with zero attached hydrogens (tertiary/aromatic N) is 2. The Morgan fingerprint density at radius 2 is 2.47 bits per heavy atom. The van der Waals surface area contributed by atoms with Crippen molar-refractivity contribution in [2.45, 2.75) is 26.3 Å². The van der Waals surface area contributed by atoms with Gasteiger partial charge in [-0.25, -0.2) is 4.79 Å². The molecule has 15 heavy (non-hydrogen) atoms. The van der Waals surface area contributed by atoms with Crippen molar-refractivity contribution in [3.63, 3.8) is 0 Å². The van der Waals surface area contributed by atoms with Gasteiger partial charge in [-0.3, -0.25) is 4.68 Å². The number of alkyl carbamates (subject to hydrolysis) is 1. The van der Waals surface area contributed by atoms with Crippen molar-refractivity contribution in [1.29, 1.82) is 0 Å². The van der Waals surface area contributed by atoms with E-state index in [1.165, 1.54) is 0 Å². The number of hydrogen-bond donors (Lipinski definition) is 1. The molecule has 0 saturated carbocycles. The van der Waals surface area contributed by atoms with E-state index in [1.807, 2.05) is 12.3 Å². The first kappa shape index (κ1) is 11.6. The van der Waals surface area contributed by atoms with Crippen LogP contribution in [-0.4, -0.2) is 29.0 Å². The van der Waals surface area contributed by atoms with Crippen LogP contribution < -0.4 is 5.32 Å². The fourth-order valence-electron chi connectivity index (χ4n) is 1.07. The molecule has 1 aromatic heterocycles. The molecule has 0 aliphatic carbocycles. The van der Waals surface area contributed by atoms with Gasteiger partial charge in [0, 0.05) is 18.9 Å². The summed E-state index contributed by atoms with van der Waals surface area (Å²) in [5.41, 5.74) is 0. The second-order valence-electron chi connectivity index (χ2n) is 3.19. The summed E-state index contributed by atoms with van der Waals surface area (Å²) >= 11 is 0. The Labute approximate surface area is 89.4 Å². The fraction of sp³-hybridized carbons (Fsp3) is 0.600. The van der Waals surface area contributed by atoms with Gasteiger partial charge >= 0.3 is 6.09 Å². The van der Waals surface area contributed by atoms with Gasteiger partial charge < -0.3 is 10.1 Å². The van der Waals surface area contributed by atoms with Gasteiger partial charge in [-0.2, -0.15) is 5.10 Å². The van der Waals surface area contributed by atoms with Crippen molar-refractivity contribution < 1.29 is 9.53 Å². The third kappa shape index (κ3) is 5.05. The molecule has 1 amide bonds. The highest BCUT2D eigenvalue weighted by molar-refractivity contribution is 5.66. The first-order chi connectivity index (χ1) is 7.33. The van der Waals surface area contributed by atoms with Gasteiger partial charge in [-0.15, -0.1) is 0 Å². The van der Waals surface area contributed by atoms with Gasteiger partial charge in [0.05, 0.1) is 13.2 Å². The Morgan fingerprint density at radius 1 is 1.60 bits per heavy atom. The Bertz CT molecular complexity index is 272. The summed E-state index contributed by atoms with van der Waals surface area (Å²) in [6.45, 7) is 3.74. The first-order valence-electron chi connectivity index (χ1n) is 5.21. The molecular weight excluding hydrogens is 194 g/mol. The van der Waals surface area contributed by atoms with E-state index in [2.05, 4.69) is 17.3 Å². The maximum atomic E-state index is 11.1. The number of aromatic nitrogens is 2. The molecule has 0 bridgehead atoms. The molecule has 84 valence electrons.